The molecule has 2 unspecified atom stereocenters. The van der Waals surface area contributed by atoms with E-state index in [0.717, 1.165) is 38.3 Å². The molecule has 4 nitrogen and oxygen atoms in total. The first kappa shape index (κ1) is 26.5. The van der Waals surface area contributed by atoms with E-state index < -0.39 is 6.10 Å². The maximum atomic E-state index is 13.9. The molecule has 30 heavy (non-hydrogen) atoms. The second-order valence-electron chi connectivity index (χ2n) is 7.55. The number of aliphatic hydroxyl groups is 1. The van der Waals surface area contributed by atoms with Crippen molar-refractivity contribution in [3.63, 3.8) is 0 Å². The lowest BCUT2D eigenvalue weighted by Gasteiger charge is -2.37. The lowest BCUT2D eigenvalue weighted by Crippen LogP contribution is -2.49. The predicted octanol–water partition coefficient (Wildman–Crippen LogP) is 4.74. The van der Waals surface area contributed by atoms with Crippen LogP contribution in [0.2, 0.25) is 0 Å². The molecular formula is C23H33Cl2FN2O2. The molecule has 1 aliphatic rings. The number of para-hydroxylation sites is 2. The molecule has 0 bridgehead atoms. The number of nitrogens with zero attached hydrogens (tertiary/aromatic N) is 2. The van der Waals surface area contributed by atoms with Gasteiger partial charge < -0.3 is 14.7 Å². The van der Waals surface area contributed by atoms with Crippen LogP contribution >= 0.6 is 24.8 Å². The highest BCUT2D eigenvalue weighted by Crippen LogP contribution is 2.28. The fraction of sp³-hybridized carbons (Fsp3) is 0.478. The van der Waals surface area contributed by atoms with Crippen LogP contribution in [0.15, 0.2) is 48.5 Å². The van der Waals surface area contributed by atoms with Gasteiger partial charge in [-0.15, -0.1) is 24.8 Å². The van der Waals surface area contributed by atoms with E-state index in [-0.39, 0.29) is 37.2 Å². The largest absolute Gasteiger partial charge is 0.491 e. The van der Waals surface area contributed by atoms with Crippen LogP contribution in [0, 0.1) is 5.82 Å². The summed E-state index contributed by atoms with van der Waals surface area (Å²) in [7, 11) is 0. The topological polar surface area (TPSA) is 35.9 Å². The zero-order valence-corrected chi connectivity index (χ0v) is 19.3. The average Bonchev–Trinajstić information content (AvgIpc) is 2.73. The molecule has 1 heterocycles. The minimum absolute atomic E-state index is 0. The van der Waals surface area contributed by atoms with Crippen molar-refractivity contribution in [2.75, 3.05) is 44.2 Å². The van der Waals surface area contributed by atoms with E-state index in [2.05, 4.69) is 29.7 Å². The third kappa shape index (κ3) is 7.02. The summed E-state index contributed by atoms with van der Waals surface area (Å²) >= 11 is 0. The number of aliphatic hydroxyl groups excluding tert-OH is 1. The number of benzene rings is 2. The second-order valence-corrected chi connectivity index (χ2v) is 7.55. The molecule has 1 fully saturated rings. The van der Waals surface area contributed by atoms with Crippen LogP contribution in [-0.4, -0.2) is 55.4 Å². The summed E-state index contributed by atoms with van der Waals surface area (Å²) in [4.78, 5) is 4.28. The van der Waals surface area contributed by atoms with Crippen LogP contribution in [0.1, 0.15) is 31.7 Å². The van der Waals surface area contributed by atoms with Crippen molar-refractivity contribution >= 4 is 30.5 Å². The van der Waals surface area contributed by atoms with Gasteiger partial charge in [0.15, 0.2) is 0 Å². The number of ether oxygens (including phenoxy) is 1. The Kier molecular flexibility index (Phi) is 11.5. The fourth-order valence-electron chi connectivity index (χ4n) is 3.66. The molecule has 0 radical (unpaired) electrons. The van der Waals surface area contributed by atoms with Gasteiger partial charge in [-0.2, -0.15) is 0 Å². The zero-order chi connectivity index (χ0) is 19.9. The van der Waals surface area contributed by atoms with E-state index in [0.29, 0.717) is 18.2 Å². The molecule has 1 aliphatic heterocycles. The summed E-state index contributed by atoms with van der Waals surface area (Å²) in [6.45, 7) is 8.31. The Balaban J connectivity index is 0.00000225. The third-order valence-corrected chi connectivity index (χ3v) is 5.53. The molecule has 7 heteroatoms. The van der Waals surface area contributed by atoms with E-state index in [1.165, 1.54) is 11.6 Å². The lowest BCUT2D eigenvalue weighted by atomic mass is 9.98. The van der Waals surface area contributed by atoms with Crippen LogP contribution in [0.25, 0.3) is 0 Å². The third-order valence-electron chi connectivity index (χ3n) is 5.53. The summed E-state index contributed by atoms with van der Waals surface area (Å²) in [6, 6.07) is 15.0. The second kappa shape index (κ2) is 13.0. The number of rotatable bonds is 8. The average molecular weight is 459 g/mol. The molecule has 3 rings (SSSR count). The van der Waals surface area contributed by atoms with Gasteiger partial charge in [0, 0.05) is 32.7 Å². The van der Waals surface area contributed by atoms with Crippen molar-refractivity contribution in [2.24, 2.45) is 0 Å². The highest BCUT2D eigenvalue weighted by Gasteiger charge is 2.21. The Morgan fingerprint density at radius 1 is 1.00 bits per heavy atom. The maximum Gasteiger partial charge on any atom is 0.146 e. The molecule has 0 amide bonds. The number of β-amino-alcohol motifs (C(OH)–C–C–N with tert-alkyl or cyclic N) is 1. The Morgan fingerprint density at radius 2 is 1.63 bits per heavy atom. The number of anilines is 1. The van der Waals surface area contributed by atoms with Crippen molar-refractivity contribution in [2.45, 2.75) is 32.3 Å². The van der Waals surface area contributed by atoms with Crippen LogP contribution in [0.5, 0.6) is 5.75 Å². The highest BCUT2D eigenvalue weighted by atomic mass is 35.5. The minimum Gasteiger partial charge on any atom is -0.491 e. The molecule has 0 saturated carbocycles. The molecular weight excluding hydrogens is 426 g/mol. The Labute approximate surface area is 191 Å². The van der Waals surface area contributed by atoms with Gasteiger partial charge in [-0.1, -0.05) is 44.2 Å². The van der Waals surface area contributed by atoms with Crippen LogP contribution in [0.4, 0.5) is 10.1 Å². The Morgan fingerprint density at radius 3 is 2.30 bits per heavy atom. The number of hydrogen-bond acceptors (Lipinski definition) is 4. The fourth-order valence-corrected chi connectivity index (χ4v) is 3.66. The van der Waals surface area contributed by atoms with Crippen LogP contribution in [0.3, 0.4) is 0 Å². The normalized spacial score (nSPS) is 16.2. The molecule has 2 atom stereocenters. The van der Waals surface area contributed by atoms with E-state index in [4.69, 9.17) is 4.74 Å². The lowest BCUT2D eigenvalue weighted by molar-refractivity contribution is 0.0658. The van der Waals surface area contributed by atoms with Crippen LogP contribution in [-0.2, 0) is 0 Å². The molecule has 0 spiro atoms. The zero-order valence-electron chi connectivity index (χ0n) is 17.7. The molecule has 2 aromatic rings. The first-order valence-corrected chi connectivity index (χ1v) is 10.2. The standard InChI is InChI=1S/C23H31FN2O2.2ClH/c1-3-18(2)20-8-4-7-11-23(20)28-17-19(27)16-25-12-14-26(15-13-25)22-10-6-5-9-21(22)24;;/h4-11,18-19,27H,3,12-17H2,1-2H3;2*1H. The van der Waals surface area contributed by atoms with Crippen molar-refractivity contribution in [1.29, 1.82) is 0 Å². The number of hydrogen-bond donors (Lipinski definition) is 1. The van der Waals surface area contributed by atoms with E-state index in [1.807, 2.05) is 30.3 Å². The molecule has 168 valence electrons. The van der Waals surface area contributed by atoms with Gasteiger partial charge in [-0.3, -0.25) is 4.90 Å². The molecule has 2 aromatic carbocycles. The van der Waals surface area contributed by atoms with E-state index in [1.54, 1.807) is 6.07 Å². The first-order valence-electron chi connectivity index (χ1n) is 10.2. The Hall–Kier alpha value is -1.53. The van der Waals surface area contributed by atoms with Gasteiger partial charge in [0.1, 0.15) is 24.3 Å². The molecule has 1 saturated heterocycles. The quantitative estimate of drug-likeness (QED) is 0.619. The van der Waals surface area contributed by atoms with Gasteiger partial charge in [-0.25, -0.2) is 4.39 Å². The van der Waals surface area contributed by atoms with Crippen molar-refractivity contribution < 1.29 is 14.2 Å². The summed E-state index contributed by atoms with van der Waals surface area (Å²) in [6.07, 6.45) is 0.500. The predicted molar refractivity (Wildman–Crippen MR) is 126 cm³/mol. The Bertz CT molecular complexity index is 757. The summed E-state index contributed by atoms with van der Waals surface area (Å²) in [5.74, 6) is 1.12. The van der Waals surface area contributed by atoms with E-state index >= 15 is 0 Å². The van der Waals surface area contributed by atoms with Crippen molar-refractivity contribution in [1.82, 2.24) is 4.90 Å². The SMILES string of the molecule is CCC(C)c1ccccc1OCC(O)CN1CCN(c2ccccc2F)CC1.Cl.Cl. The summed E-state index contributed by atoms with van der Waals surface area (Å²) < 4.78 is 19.9. The minimum atomic E-state index is -0.551. The van der Waals surface area contributed by atoms with Gasteiger partial charge in [0.05, 0.1) is 5.69 Å². The van der Waals surface area contributed by atoms with E-state index in [9.17, 15) is 9.50 Å². The number of halogens is 3. The van der Waals surface area contributed by atoms with Gasteiger partial charge in [-0.05, 0) is 36.1 Å². The first-order chi connectivity index (χ1) is 13.6. The number of piperazine rings is 1. The van der Waals surface area contributed by atoms with Gasteiger partial charge in [0.2, 0.25) is 0 Å². The summed E-state index contributed by atoms with van der Waals surface area (Å²) in [5, 5.41) is 10.4. The smallest absolute Gasteiger partial charge is 0.146 e. The molecule has 0 aromatic heterocycles. The molecule has 1 N–H and O–H groups in total. The van der Waals surface area contributed by atoms with Gasteiger partial charge in [0.25, 0.3) is 0 Å². The highest BCUT2D eigenvalue weighted by molar-refractivity contribution is 5.85. The van der Waals surface area contributed by atoms with Crippen molar-refractivity contribution in [3.05, 3.63) is 59.9 Å². The van der Waals surface area contributed by atoms with Crippen molar-refractivity contribution in [3.8, 4) is 5.75 Å². The summed E-state index contributed by atoms with van der Waals surface area (Å²) in [5.41, 5.74) is 1.85. The maximum absolute atomic E-state index is 13.9. The monoisotopic (exact) mass is 458 g/mol. The van der Waals surface area contributed by atoms with Crippen LogP contribution < -0.4 is 9.64 Å². The molecule has 0 aliphatic carbocycles. The van der Waals surface area contributed by atoms with Gasteiger partial charge >= 0.3 is 0 Å².